The van der Waals surface area contributed by atoms with Crippen LogP contribution in [0.25, 0.3) is 0 Å². The highest BCUT2D eigenvalue weighted by Gasteiger charge is 2.19. The lowest BCUT2D eigenvalue weighted by molar-refractivity contribution is -0.167. The Bertz CT molecular complexity index is 1300. The standard InChI is InChI=1S/C61H104O6/c1-4-7-10-13-16-19-22-25-28-30-33-35-38-41-44-47-50-53-59(62)65-56-58(67-61(64)55-52-49-46-43-40-37-32-27-24-21-18-15-12-9-6-3)57-66-60(63)54-51-48-45-42-39-36-34-31-29-26-23-20-17-14-11-8-5-2/h7,10,16-17,19-21,24-26,28-29,33,35,58H,4-6,8-9,11-15,18,22-23,27,30-32,34,36-57H2,1-3H3/b10-7-,19-16-,20-17-,24-21-,28-25-,29-26-,35-33-/t58-/m1/s1. The van der Waals surface area contributed by atoms with Crippen LogP contribution >= 0.6 is 0 Å². The molecule has 0 aromatic heterocycles. The highest BCUT2D eigenvalue weighted by molar-refractivity contribution is 5.71. The van der Waals surface area contributed by atoms with Gasteiger partial charge in [-0.15, -0.1) is 0 Å². The first-order chi connectivity index (χ1) is 33.0. The monoisotopic (exact) mass is 933 g/mol. The Hall–Kier alpha value is -3.41. The fourth-order valence-electron chi connectivity index (χ4n) is 7.63. The predicted molar refractivity (Wildman–Crippen MR) is 288 cm³/mol. The maximum absolute atomic E-state index is 12.8. The number of carbonyl (C=O) groups excluding carboxylic acids is 3. The summed E-state index contributed by atoms with van der Waals surface area (Å²) in [5.74, 6) is -0.922. The first-order valence-electron chi connectivity index (χ1n) is 28.1. The molecule has 6 nitrogen and oxygen atoms in total. The van der Waals surface area contributed by atoms with Crippen molar-refractivity contribution in [3.05, 3.63) is 85.1 Å². The van der Waals surface area contributed by atoms with Crippen molar-refractivity contribution in [3.8, 4) is 0 Å². The molecule has 0 rings (SSSR count). The molecular weight excluding hydrogens is 829 g/mol. The predicted octanol–water partition coefficient (Wildman–Crippen LogP) is 18.8. The Kier molecular flexibility index (Phi) is 52.4. The SMILES string of the molecule is CC/C=C\C/C=C\C/C=C\C/C=C\CCCCCCC(=O)OC[C@H](COC(=O)CCCCCCCCC/C=C\C/C=C\CCCCC)OC(=O)CCCCCCCCC/C=C\CCCCCC. The van der Waals surface area contributed by atoms with Gasteiger partial charge in [-0.1, -0.05) is 215 Å². The molecule has 0 aromatic carbocycles. The first kappa shape index (κ1) is 63.6. The molecule has 0 spiro atoms. The fraction of sp³-hybridized carbons (Fsp3) is 0.721. The summed E-state index contributed by atoms with van der Waals surface area (Å²) in [6.07, 6.45) is 71.3. The van der Waals surface area contributed by atoms with Crippen LogP contribution in [0.2, 0.25) is 0 Å². The van der Waals surface area contributed by atoms with E-state index >= 15 is 0 Å². The second-order valence-corrected chi connectivity index (χ2v) is 18.5. The molecule has 0 saturated heterocycles. The number of ether oxygens (including phenoxy) is 3. The summed E-state index contributed by atoms with van der Waals surface area (Å²) in [6, 6.07) is 0. The molecule has 0 fully saturated rings. The summed E-state index contributed by atoms with van der Waals surface area (Å²) in [5.41, 5.74) is 0. The van der Waals surface area contributed by atoms with E-state index in [-0.39, 0.29) is 31.1 Å². The lowest BCUT2D eigenvalue weighted by Crippen LogP contribution is -2.30. The van der Waals surface area contributed by atoms with E-state index in [2.05, 4.69) is 106 Å². The molecule has 0 aliphatic rings. The summed E-state index contributed by atoms with van der Waals surface area (Å²) in [7, 11) is 0. The number of esters is 3. The maximum Gasteiger partial charge on any atom is 0.306 e. The lowest BCUT2D eigenvalue weighted by Gasteiger charge is -2.18. The molecule has 67 heavy (non-hydrogen) atoms. The minimum Gasteiger partial charge on any atom is -0.462 e. The van der Waals surface area contributed by atoms with Gasteiger partial charge < -0.3 is 14.2 Å². The van der Waals surface area contributed by atoms with Crippen molar-refractivity contribution < 1.29 is 28.6 Å². The molecule has 0 bridgehead atoms. The molecule has 0 aromatic rings. The van der Waals surface area contributed by atoms with Crippen LogP contribution in [0.1, 0.15) is 265 Å². The van der Waals surface area contributed by atoms with Crippen LogP contribution in [0.3, 0.4) is 0 Å². The molecule has 0 unspecified atom stereocenters. The van der Waals surface area contributed by atoms with Gasteiger partial charge in [-0.05, 0) is 116 Å². The summed E-state index contributed by atoms with van der Waals surface area (Å²) in [4.78, 5) is 38.1. The number of unbranched alkanes of at least 4 members (excludes halogenated alkanes) is 25. The van der Waals surface area contributed by atoms with E-state index < -0.39 is 6.10 Å². The van der Waals surface area contributed by atoms with Crippen molar-refractivity contribution in [3.63, 3.8) is 0 Å². The van der Waals surface area contributed by atoms with Gasteiger partial charge in [0, 0.05) is 19.3 Å². The zero-order chi connectivity index (χ0) is 48.6. The normalized spacial score (nSPS) is 12.7. The highest BCUT2D eigenvalue weighted by Crippen LogP contribution is 2.14. The summed E-state index contributed by atoms with van der Waals surface area (Å²) in [5, 5.41) is 0. The van der Waals surface area contributed by atoms with Crippen molar-refractivity contribution in [2.45, 2.75) is 271 Å². The van der Waals surface area contributed by atoms with Crippen LogP contribution in [-0.4, -0.2) is 37.2 Å². The third-order valence-corrected chi connectivity index (χ3v) is 11.9. The van der Waals surface area contributed by atoms with Gasteiger partial charge in [0.15, 0.2) is 6.10 Å². The zero-order valence-corrected chi connectivity index (χ0v) is 43.9. The summed E-state index contributed by atoms with van der Waals surface area (Å²) < 4.78 is 16.8. The van der Waals surface area contributed by atoms with Crippen LogP contribution in [-0.2, 0) is 28.6 Å². The molecule has 0 aliphatic heterocycles. The molecule has 1 atom stereocenters. The second-order valence-electron chi connectivity index (χ2n) is 18.5. The van der Waals surface area contributed by atoms with Gasteiger partial charge in [0.2, 0.25) is 0 Å². The summed E-state index contributed by atoms with van der Waals surface area (Å²) in [6.45, 7) is 6.47. The van der Waals surface area contributed by atoms with Crippen molar-refractivity contribution >= 4 is 17.9 Å². The van der Waals surface area contributed by atoms with Crippen molar-refractivity contribution in [1.82, 2.24) is 0 Å². The Morgan fingerprint density at radius 2 is 0.582 bits per heavy atom. The molecule has 0 amide bonds. The van der Waals surface area contributed by atoms with Gasteiger partial charge in [0.25, 0.3) is 0 Å². The van der Waals surface area contributed by atoms with E-state index in [1.54, 1.807) is 0 Å². The molecule has 384 valence electrons. The van der Waals surface area contributed by atoms with Gasteiger partial charge in [-0.3, -0.25) is 14.4 Å². The third-order valence-electron chi connectivity index (χ3n) is 11.9. The summed E-state index contributed by atoms with van der Waals surface area (Å²) >= 11 is 0. The van der Waals surface area contributed by atoms with Gasteiger partial charge in [0.1, 0.15) is 13.2 Å². The van der Waals surface area contributed by atoms with Gasteiger partial charge in [-0.2, -0.15) is 0 Å². The van der Waals surface area contributed by atoms with Crippen molar-refractivity contribution in [1.29, 1.82) is 0 Å². The molecular formula is C61H104O6. The van der Waals surface area contributed by atoms with E-state index in [1.165, 1.54) is 116 Å². The Morgan fingerprint density at radius 1 is 0.313 bits per heavy atom. The van der Waals surface area contributed by atoms with E-state index in [1.807, 2.05) is 0 Å². The van der Waals surface area contributed by atoms with Crippen molar-refractivity contribution in [2.24, 2.45) is 0 Å². The average molecular weight is 933 g/mol. The third kappa shape index (κ3) is 53.4. The van der Waals surface area contributed by atoms with Crippen LogP contribution < -0.4 is 0 Å². The quantitative estimate of drug-likeness (QED) is 0.0262. The smallest absolute Gasteiger partial charge is 0.306 e. The minimum atomic E-state index is -0.793. The van der Waals surface area contributed by atoms with Crippen LogP contribution in [0.15, 0.2) is 85.1 Å². The number of rotatable bonds is 50. The van der Waals surface area contributed by atoms with Crippen LogP contribution in [0.5, 0.6) is 0 Å². The fourth-order valence-corrected chi connectivity index (χ4v) is 7.63. The number of hydrogen-bond acceptors (Lipinski definition) is 6. The molecule has 0 N–H and O–H groups in total. The molecule has 0 radical (unpaired) electrons. The molecule has 0 heterocycles. The van der Waals surface area contributed by atoms with E-state index in [0.717, 1.165) is 109 Å². The minimum absolute atomic E-state index is 0.0904. The molecule has 0 aliphatic carbocycles. The van der Waals surface area contributed by atoms with Gasteiger partial charge in [-0.25, -0.2) is 0 Å². The Labute approximate surface area is 414 Å². The van der Waals surface area contributed by atoms with Crippen molar-refractivity contribution in [2.75, 3.05) is 13.2 Å². The topological polar surface area (TPSA) is 78.9 Å². The lowest BCUT2D eigenvalue weighted by atomic mass is 10.1. The zero-order valence-electron chi connectivity index (χ0n) is 43.9. The Balaban J connectivity index is 4.44. The van der Waals surface area contributed by atoms with E-state index in [9.17, 15) is 14.4 Å². The average Bonchev–Trinajstić information content (AvgIpc) is 3.33. The molecule has 6 heteroatoms. The van der Waals surface area contributed by atoms with Gasteiger partial charge >= 0.3 is 17.9 Å². The first-order valence-corrected chi connectivity index (χ1v) is 28.1. The van der Waals surface area contributed by atoms with Crippen LogP contribution in [0.4, 0.5) is 0 Å². The molecule has 0 saturated carbocycles. The van der Waals surface area contributed by atoms with Crippen LogP contribution in [0, 0.1) is 0 Å². The maximum atomic E-state index is 12.8. The van der Waals surface area contributed by atoms with Gasteiger partial charge in [0.05, 0.1) is 0 Å². The second kappa shape index (κ2) is 55.2. The van der Waals surface area contributed by atoms with E-state index in [0.29, 0.717) is 19.3 Å². The number of hydrogen-bond donors (Lipinski definition) is 0. The number of carbonyl (C=O) groups is 3. The Morgan fingerprint density at radius 3 is 0.955 bits per heavy atom. The highest BCUT2D eigenvalue weighted by atomic mass is 16.6. The van der Waals surface area contributed by atoms with E-state index in [4.69, 9.17) is 14.2 Å². The largest absolute Gasteiger partial charge is 0.462 e. The number of allylic oxidation sites excluding steroid dienone is 14.